The lowest BCUT2D eigenvalue weighted by atomic mass is 9.86. The van der Waals surface area contributed by atoms with E-state index in [-0.39, 0.29) is 60.6 Å². The van der Waals surface area contributed by atoms with Gasteiger partial charge in [-0.1, -0.05) is 128 Å². The van der Waals surface area contributed by atoms with Crippen molar-refractivity contribution in [1.82, 2.24) is 41.0 Å². The summed E-state index contributed by atoms with van der Waals surface area (Å²) >= 11 is 2.90. The number of alkyl carbamates (subject to hydrolysis) is 2. The largest absolute Gasteiger partial charge is 0.444 e. The summed E-state index contributed by atoms with van der Waals surface area (Å²) in [5.74, 6) is 0.237. The first kappa shape index (κ1) is 69.1. The standard InChI is InChI=1S/C38H51N5O5S.C32H42N4O4S/c44-36(34(16-18-43-19-21-47-22-20-43)42-37(45)35-13-7-8-17-40-35)25-31(23-29-9-3-1-4-10-29)14-15-32(24-30-11-5-2-6-12-30)41-38(46)48-27-33-26-39-28-49-33;33-30(13-14-36-15-17-39-18-16-36)31(37)21-27(19-25-7-3-1-4-8-25)11-12-28(20-26-9-5-2-6-10-26)35-32(38)40-23-29-22-34-24-41-29/h1-6,9-12,26,28,31-32,34-35,40H,7-8,13-25,27H2,(H,41,46)(H,42,45);1-10,22,24,27-28,30H,11-21,23,33H2,(H,35,38)/t31-,32-,34+,35?;27-,28-,30+/m11/s1. The van der Waals surface area contributed by atoms with Crippen molar-refractivity contribution in [3.8, 4) is 0 Å². The number of amides is 3. The average Bonchev–Trinajstić information content (AvgIpc) is 4.44. The predicted molar refractivity (Wildman–Crippen MR) is 353 cm³/mol. The molecule has 3 aliphatic heterocycles. The molecular weight excluding hydrogens is 1170 g/mol. The van der Waals surface area contributed by atoms with E-state index in [0.29, 0.717) is 58.2 Å². The van der Waals surface area contributed by atoms with Crippen molar-refractivity contribution in [2.24, 2.45) is 17.6 Å². The molecule has 3 saturated heterocycles. The topological polar surface area (TPSA) is 229 Å². The molecule has 6 aromatic rings. The summed E-state index contributed by atoms with van der Waals surface area (Å²) < 4.78 is 21.9. The van der Waals surface area contributed by atoms with Crippen LogP contribution in [0.15, 0.2) is 145 Å². The van der Waals surface area contributed by atoms with Crippen molar-refractivity contribution in [3.05, 3.63) is 177 Å². The Morgan fingerprint density at radius 3 is 1.40 bits per heavy atom. The van der Waals surface area contributed by atoms with Crippen molar-refractivity contribution in [2.75, 3.05) is 72.2 Å². The summed E-state index contributed by atoms with van der Waals surface area (Å²) in [5.41, 5.74) is 14.4. The van der Waals surface area contributed by atoms with Crippen LogP contribution in [0.2, 0.25) is 0 Å². The number of nitrogens with one attached hydrogen (secondary N) is 4. The molecule has 90 heavy (non-hydrogen) atoms. The van der Waals surface area contributed by atoms with Crippen LogP contribution in [0.25, 0.3) is 0 Å². The van der Waals surface area contributed by atoms with Gasteiger partial charge < -0.3 is 45.9 Å². The third-order valence-corrected chi connectivity index (χ3v) is 18.5. The number of carbonyl (C=O) groups is 5. The van der Waals surface area contributed by atoms with E-state index in [4.69, 9.17) is 24.7 Å². The second kappa shape index (κ2) is 39.5. The van der Waals surface area contributed by atoms with Gasteiger partial charge in [-0.15, -0.1) is 22.7 Å². The third-order valence-electron chi connectivity index (χ3n) is 17.0. The molecular formula is C70H93N9O9S2. The number of carbonyl (C=O) groups excluding carboxylic acids is 5. The zero-order chi connectivity index (χ0) is 62.8. The van der Waals surface area contributed by atoms with Crippen LogP contribution in [0.1, 0.15) is 103 Å². The summed E-state index contributed by atoms with van der Waals surface area (Å²) in [5, 5.41) is 12.7. The van der Waals surface area contributed by atoms with E-state index >= 15 is 0 Å². The number of nitrogens with two attached hydrogens (primary N) is 1. The highest BCUT2D eigenvalue weighted by atomic mass is 32.1. The van der Waals surface area contributed by atoms with Crippen LogP contribution in [0.3, 0.4) is 0 Å². The minimum Gasteiger partial charge on any atom is -0.444 e. The molecule has 3 fully saturated rings. The number of morpholine rings is 2. The lowest BCUT2D eigenvalue weighted by Gasteiger charge is -2.30. The van der Waals surface area contributed by atoms with Crippen molar-refractivity contribution < 1.29 is 42.9 Å². The van der Waals surface area contributed by atoms with Crippen molar-refractivity contribution in [3.63, 3.8) is 0 Å². The maximum atomic E-state index is 14.2. The number of aromatic nitrogens is 2. The molecule has 0 saturated carbocycles. The number of piperidine rings is 1. The smallest absolute Gasteiger partial charge is 0.407 e. The molecule has 20 heteroatoms. The number of hydrogen-bond donors (Lipinski definition) is 5. The van der Waals surface area contributed by atoms with Gasteiger partial charge in [0.25, 0.3) is 0 Å². The first-order chi connectivity index (χ1) is 44.1. The van der Waals surface area contributed by atoms with E-state index in [1.54, 1.807) is 23.4 Å². The Hall–Kier alpha value is -6.75. The molecule has 1 unspecified atom stereocenters. The van der Waals surface area contributed by atoms with Gasteiger partial charge in [-0.05, 0) is 118 Å². The van der Waals surface area contributed by atoms with Crippen molar-refractivity contribution in [1.29, 1.82) is 0 Å². The fraction of sp³-hybridized carbons (Fsp3) is 0.500. The van der Waals surface area contributed by atoms with Crippen LogP contribution in [-0.4, -0.2) is 152 Å². The molecule has 0 radical (unpaired) electrons. The number of ether oxygens (including phenoxy) is 4. The van der Waals surface area contributed by atoms with Crippen molar-refractivity contribution >= 4 is 52.3 Å². The van der Waals surface area contributed by atoms with Gasteiger partial charge in [0.05, 0.1) is 65.3 Å². The molecule has 0 bridgehead atoms. The van der Waals surface area contributed by atoms with Crippen LogP contribution in [-0.2, 0) is 72.2 Å². The Labute approximate surface area is 539 Å². The Morgan fingerprint density at radius 1 is 0.544 bits per heavy atom. The number of ketones is 2. The minimum atomic E-state index is -0.558. The van der Waals surface area contributed by atoms with Crippen LogP contribution in [0.5, 0.6) is 0 Å². The van der Waals surface area contributed by atoms with Gasteiger partial charge in [-0.25, -0.2) is 9.59 Å². The zero-order valence-corrected chi connectivity index (χ0v) is 53.7. The second-order valence-corrected chi connectivity index (χ2v) is 25.9. The highest BCUT2D eigenvalue weighted by Gasteiger charge is 2.30. The highest BCUT2D eigenvalue weighted by Crippen LogP contribution is 2.25. The number of hydrogen-bond acceptors (Lipinski definition) is 17. The van der Waals surface area contributed by atoms with E-state index in [0.717, 1.165) is 137 Å². The predicted octanol–water partition coefficient (Wildman–Crippen LogP) is 9.56. The zero-order valence-electron chi connectivity index (χ0n) is 52.1. The molecule has 5 heterocycles. The Kier molecular flexibility index (Phi) is 30.3. The summed E-state index contributed by atoms with van der Waals surface area (Å²) in [6.45, 7) is 9.02. The minimum absolute atomic E-state index is 0.0266. The lowest BCUT2D eigenvalue weighted by molar-refractivity contribution is -0.130. The van der Waals surface area contributed by atoms with Gasteiger partial charge in [0.15, 0.2) is 5.78 Å². The van der Waals surface area contributed by atoms with Crippen LogP contribution < -0.4 is 27.0 Å². The Bertz CT molecular complexity index is 2950. The molecule has 7 atom stereocenters. The molecule has 6 N–H and O–H groups in total. The number of rotatable bonds is 34. The average molecular weight is 1270 g/mol. The normalized spacial score (nSPS) is 17.4. The number of nitrogens with zero attached hydrogens (tertiary/aromatic N) is 4. The fourth-order valence-corrected chi connectivity index (χ4v) is 12.9. The number of benzene rings is 4. The lowest BCUT2D eigenvalue weighted by Crippen LogP contribution is -2.52. The van der Waals surface area contributed by atoms with Crippen LogP contribution >= 0.6 is 22.7 Å². The molecule has 4 aromatic carbocycles. The molecule has 0 aliphatic carbocycles. The van der Waals surface area contributed by atoms with Gasteiger partial charge in [0.1, 0.15) is 19.0 Å². The summed E-state index contributed by atoms with van der Waals surface area (Å²) in [7, 11) is 0. The van der Waals surface area contributed by atoms with Gasteiger partial charge >= 0.3 is 12.2 Å². The third kappa shape index (κ3) is 26.2. The molecule has 484 valence electrons. The van der Waals surface area contributed by atoms with Gasteiger partial charge in [-0.2, -0.15) is 0 Å². The van der Waals surface area contributed by atoms with Crippen molar-refractivity contribution in [2.45, 2.75) is 140 Å². The second-order valence-electron chi connectivity index (χ2n) is 23.9. The van der Waals surface area contributed by atoms with Crippen LogP contribution in [0.4, 0.5) is 9.59 Å². The van der Waals surface area contributed by atoms with E-state index in [1.807, 2.05) is 72.8 Å². The summed E-state index contributed by atoms with van der Waals surface area (Å²) in [6, 6.07) is 39.1. The Morgan fingerprint density at radius 2 is 0.978 bits per heavy atom. The monoisotopic (exact) mass is 1270 g/mol. The fourth-order valence-electron chi connectivity index (χ4n) is 11.9. The highest BCUT2D eigenvalue weighted by molar-refractivity contribution is 7.09. The first-order valence-electron chi connectivity index (χ1n) is 32.3. The SMILES string of the molecule is N[C@@H](CCN1CCOCC1)C(=O)C[C@H](CC[C@H](Cc1ccccc1)NC(=O)OCc1cncs1)Cc1ccccc1.O=C(N[C@H](CC[C@@H](CC(=O)[C@H](CCN1CCOCC1)NC(=O)C1CCCCN1)Cc1ccccc1)Cc1ccccc1)OCc1cncs1. The molecule has 9 rings (SSSR count). The van der Waals surface area contributed by atoms with Gasteiger partial charge in [0.2, 0.25) is 5.91 Å². The molecule has 18 nitrogen and oxygen atoms in total. The van der Waals surface area contributed by atoms with Gasteiger partial charge in [0, 0.05) is 76.6 Å². The summed E-state index contributed by atoms with van der Waals surface area (Å²) in [4.78, 5) is 80.9. The molecule has 0 spiro atoms. The maximum Gasteiger partial charge on any atom is 0.407 e. The summed E-state index contributed by atoms with van der Waals surface area (Å²) in [6.07, 6.45) is 13.1. The van der Waals surface area contributed by atoms with Gasteiger partial charge in [-0.3, -0.25) is 34.2 Å². The number of Topliss-reactive ketones (excluding diaryl/α,β-unsaturated/α-hetero) is 2. The van der Waals surface area contributed by atoms with E-state index in [9.17, 15) is 24.0 Å². The molecule has 2 aromatic heterocycles. The van der Waals surface area contributed by atoms with E-state index < -0.39 is 24.3 Å². The first-order valence-corrected chi connectivity index (χ1v) is 34.0. The molecule has 3 amide bonds. The molecule has 3 aliphatic rings. The van der Waals surface area contributed by atoms with Crippen LogP contribution in [0, 0.1) is 11.8 Å². The Balaban J connectivity index is 0.000000236. The van der Waals surface area contributed by atoms with E-state index in [2.05, 4.69) is 89.6 Å². The maximum absolute atomic E-state index is 14.2. The number of thiazole rings is 2. The quantitative estimate of drug-likeness (QED) is 0.0253. The van der Waals surface area contributed by atoms with E-state index in [1.165, 1.54) is 28.2 Å².